The number of rotatable bonds is 2. The summed E-state index contributed by atoms with van der Waals surface area (Å²) < 4.78 is 5.30. The van der Waals surface area contributed by atoms with E-state index in [1.54, 1.807) is 0 Å². The average molecular weight is 303 g/mol. The van der Waals surface area contributed by atoms with Crippen molar-refractivity contribution in [3.8, 4) is 0 Å². The van der Waals surface area contributed by atoms with Crippen LogP contribution in [-0.4, -0.2) is 16.9 Å². The van der Waals surface area contributed by atoms with Crippen molar-refractivity contribution in [1.29, 1.82) is 0 Å². The second-order valence-corrected chi connectivity index (χ2v) is 6.95. The van der Waals surface area contributed by atoms with Gasteiger partial charge in [0, 0.05) is 11.8 Å². The maximum absolute atomic E-state index is 10.9. The van der Waals surface area contributed by atoms with E-state index < -0.39 is 0 Å². The van der Waals surface area contributed by atoms with E-state index in [4.69, 9.17) is 4.74 Å². The first-order valence-electron chi connectivity index (χ1n) is 6.96. The lowest BCUT2D eigenvalue weighted by atomic mass is 9.73. The van der Waals surface area contributed by atoms with Crippen LogP contribution in [-0.2, 0) is 9.53 Å². The third kappa shape index (κ3) is 3.97. The zero-order valence-corrected chi connectivity index (χ0v) is 12.2. The minimum atomic E-state index is -0.117. The van der Waals surface area contributed by atoms with Crippen LogP contribution in [0.3, 0.4) is 0 Å². The summed E-state index contributed by atoms with van der Waals surface area (Å²) in [5, 5.41) is 0. The van der Waals surface area contributed by atoms with Gasteiger partial charge in [-0.15, -0.1) is 0 Å². The molecule has 0 aromatic heterocycles. The number of halogens is 1. The smallest absolute Gasteiger partial charge is 0.302 e. The van der Waals surface area contributed by atoms with Gasteiger partial charge in [-0.05, 0) is 63.2 Å². The van der Waals surface area contributed by atoms with Crippen molar-refractivity contribution in [3.05, 3.63) is 0 Å². The van der Waals surface area contributed by atoms with Gasteiger partial charge < -0.3 is 4.74 Å². The van der Waals surface area contributed by atoms with Crippen LogP contribution in [0.5, 0.6) is 0 Å². The van der Waals surface area contributed by atoms with E-state index in [0.717, 1.165) is 29.5 Å². The number of carbonyl (C=O) groups is 1. The normalized spacial score (nSPS) is 38.7. The van der Waals surface area contributed by atoms with E-state index in [-0.39, 0.29) is 12.1 Å². The molecule has 0 radical (unpaired) electrons. The van der Waals surface area contributed by atoms with Crippen LogP contribution in [0.15, 0.2) is 0 Å². The molecule has 98 valence electrons. The molecule has 0 atom stereocenters. The highest BCUT2D eigenvalue weighted by atomic mass is 79.9. The molecule has 2 nitrogen and oxygen atoms in total. The predicted octanol–water partition coefficient (Wildman–Crippen LogP) is 4.06. The van der Waals surface area contributed by atoms with E-state index in [9.17, 15) is 4.79 Å². The van der Waals surface area contributed by atoms with Gasteiger partial charge in [0.15, 0.2) is 0 Å². The fourth-order valence-electron chi connectivity index (χ4n) is 3.46. The van der Waals surface area contributed by atoms with Gasteiger partial charge >= 0.3 is 5.97 Å². The molecule has 0 amide bonds. The quantitative estimate of drug-likeness (QED) is 0.568. The molecule has 0 saturated heterocycles. The molecule has 17 heavy (non-hydrogen) atoms. The summed E-state index contributed by atoms with van der Waals surface area (Å²) >= 11 is 3.72. The third-order valence-corrected chi connectivity index (χ3v) is 5.34. The highest BCUT2D eigenvalue weighted by Gasteiger charge is 2.30. The van der Waals surface area contributed by atoms with Gasteiger partial charge in [0.1, 0.15) is 6.10 Å². The molecule has 0 aliphatic heterocycles. The Morgan fingerprint density at radius 2 is 1.41 bits per heavy atom. The van der Waals surface area contributed by atoms with Crippen LogP contribution >= 0.6 is 15.9 Å². The minimum absolute atomic E-state index is 0.117. The van der Waals surface area contributed by atoms with Gasteiger partial charge in [0.05, 0.1) is 0 Å². The molecule has 2 rings (SSSR count). The Balaban J connectivity index is 1.73. The summed E-state index contributed by atoms with van der Waals surface area (Å²) in [6.45, 7) is 1.52. The Labute approximate surface area is 113 Å². The molecular weight excluding hydrogens is 280 g/mol. The molecule has 2 aliphatic carbocycles. The number of esters is 1. The lowest BCUT2D eigenvalue weighted by Gasteiger charge is -2.36. The summed E-state index contributed by atoms with van der Waals surface area (Å²) in [5.41, 5.74) is 0. The molecule has 3 heteroatoms. The Morgan fingerprint density at radius 3 is 1.88 bits per heavy atom. The van der Waals surface area contributed by atoms with Crippen LogP contribution < -0.4 is 0 Å². The molecule has 0 spiro atoms. The van der Waals surface area contributed by atoms with Gasteiger partial charge in [-0.2, -0.15) is 0 Å². The van der Waals surface area contributed by atoms with Crippen molar-refractivity contribution >= 4 is 21.9 Å². The highest BCUT2D eigenvalue weighted by molar-refractivity contribution is 9.09. The first-order valence-corrected chi connectivity index (χ1v) is 7.88. The van der Waals surface area contributed by atoms with E-state index in [1.165, 1.54) is 45.4 Å². The number of ether oxygens (including phenoxy) is 1. The van der Waals surface area contributed by atoms with Crippen molar-refractivity contribution in [1.82, 2.24) is 0 Å². The Bertz CT molecular complexity index is 251. The van der Waals surface area contributed by atoms with Crippen molar-refractivity contribution in [2.24, 2.45) is 11.8 Å². The van der Waals surface area contributed by atoms with E-state index >= 15 is 0 Å². The van der Waals surface area contributed by atoms with Gasteiger partial charge in [-0.1, -0.05) is 15.9 Å². The van der Waals surface area contributed by atoms with E-state index in [1.807, 2.05) is 0 Å². The third-order valence-electron chi connectivity index (χ3n) is 4.42. The van der Waals surface area contributed by atoms with E-state index in [0.29, 0.717) is 0 Å². The van der Waals surface area contributed by atoms with Crippen molar-refractivity contribution in [2.45, 2.75) is 69.2 Å². The monoisotopic (exact) mass is 302 g/mol. The Kier molecular flexibility index (Phi) is 4.89. The molecule has 2 saturated carbocycles. The molecule has 2 fully saturated rings. The lowest BCUT2D eigenvalue weighted by Crippen LogP contribution is -2.29. The van der Waals surface area contributed by atoms with Gasteiger partial charge in [-0.3, -0.25) is 4.79 Å². The van der Waals surface area contributed by atoms with Crippen molar-refractivity contribution < 1.29 is 9.53 Å². The van der Waals surface area contributed by atoms with Crippen molar-refractivity contribution in [2.75, 3.05) is 0 Å². The average Bonchev–Trinajstić information content (AvgIpc) is 2.30. The second kappa shape index (κ2) is 6.21. The Hall–Kier alpha value is -0.0500. The van der Waals surface area contributed by atoms with E-state index in [2.05, 4.69) is 15.9 Å². The number of hydrogen-bond acceptors (Lipinski definition) is 2. The molecule has 0 bridgehead atoms. The maximum Gasteiger partial charge on any atom is 0.302 e. The molecule has 0 aromatic carbocycles. The van der Waals surface area contributed by atoms with Crippen LogP contribution in [0.4, 0.5) is 0 Å². The van der Waals surface area contributed by atoms with Gasteiger partial charge in [-0.25, -0.2) is 0 Å². The number of hydrogen-bond donors (Lipinski definition) is 0. The standard InChI is InChI=1S/C14H23BrO2/c1-10(16)17-14-8-4-12(5-9-14)11-2-6-13(15)7-3-11/h11-14H,2-9H2,1H3. The first kappa shape index (κ1) is 13.4. The molecule has 0 heterocycles. The lowest BCUT2D eigenvalue weighted by molar-refractivity contribution is -0.148. The van der Waals surface area contributed by atoms with Crippen LogP contribution in [0, 0.1) is 11.8 Å². The Morgan fingerprint density at radius 1 is 0.941 bits per heavy atom. The van der Waals surface area contributed by atoms with Crippen LogP contribution in [0.1, 0.15) is 58.3 Å². The summed E-state index contributed by atoms with van der Waals surface area (Å²) in [4.78, 5) is 11.7. The molecule has 0 N–H and O–H groups in total. The van der Waals surface area contributed by atoms with Crippen LogP contribution in [0.25, 0.3) is 0 Å². The van der Waals surface area contributed by atoms with Crippen LogP contribution in [0.2, 0.25) is 0 Å². The summed E-state index contributed by atoms with van der Waals surface area (Å²) in [7, 11) is 0. The number of alkyl halides is 1. The fraction of sp³-hybridized carbons (Fsp3) is 0.929. The van der Waals surface area contributed by atoms with Gasteiger partial charge in [0.2, 0.25) is 0 Å². The molecular formula is C14H23BrO2. The second-order valence-electron chi connectivity index (χ2n) is 5.66. The number of carbonyl (C=O) groups excluding carboxylic acids is 1. The first-order chi connectivity index (χ1) is 8.15. The topological polar surface area (TPSA) is 26.3 Å². The SMILES string of the molecule is CC(=O)OC1CCC(C2CCC(Br)CC2)CC1. The molecule has 2 aliphatic rings. The molecule has 0 aromatic rings. The largest absolute Gasteiger partial charge is 0.463 e. The minimum Gasteiger partial charge on any atom is -0.463 e. The van der Waals surface area contributed by atoms with Crippen molar-refractivity contribution in [3.63, 3.8) is 0 Å². The maximum atomic E-state index is 10.9. The zero-order valence-electron chi connectivity index (χ0n) is 10.7. The summed E-state index contributed by atoms with van der Waals surface area (Å²) in [6.07, 6.45) is 10.3. The summed E-state index contributed by atoms with van der Waals surface area (Å²) in [6, 6.07) is 0. The predicted molar refractivity (Wildman–Crippen MR) is 72.2 cm³/mol. The zero-order chi connectivity index (χ0) is 12.3. The summed E-state index contributed by atoms with van der Waals surface area (Å²) in [5.74, 6) is 1.71. The fourth-order valence-corrected chi connectivity index (χ4v) is 3.99. The van der Waals surface area contributed by atoms with Gasteiger partial charge in [0.25, 0.3) is 0 Å². The highest BCUT2D eigenvalue weighted by Crippen LogP contribution is 2.40. The molecule has 0 unspecified atom stereocenters.